The minimum absolute atomic E-state index is 0.0605. The summed E-state index contributed by atoms with van der Waals surface area (Å²) in [6.45, 7) is 0.221. The standard InChI is InChI=1S/C14H13Cl2NO3S/c1-21(19,20)9-5-6-12(16)13(7-9)17-8-10-11(15)3-2-4-14(10)18/h2-7,17-18H,8H2,1H3. The first kappa shape index (κ1) is 15.9. The second-order valence-corrected chi connectivity index (χ2v) is 7.34. The van der Waals surface area contributed by atoms with E-state index >= 15 is 0 Å². The normalized spacial score (nSPS) is 11.4. The maximum Gasteiger partial charge on any atom is 0.175 e. The fourth-order valence-corrected chi connectivity index (χ4v) is 2.84. The molecule has 2 aromatic carbocycles. The van der Waals surface area contributed by atoms with Crippen LogP contribution in [-0.2, 0) is 16.4 Å². The van der Waals surface area contributed by atoms with Gasteiger partial charge in [0.25, 0.3) is 0 Å². The molecule has 0 atom stereocenters. The van der Waals surface area contributed by atoms with Crippen molar-refractivity contribution in [2.45, 2.75) is 11.4 Å². The minimum atomic E-state index is -3.32. The van der Waals surface area contributed by atoms with Crippen molar-refractivity contribution in [3.05, 3.63) is 52.0 Å². The molecule has 0 aliphatic rings. The highest BCUT2D eigenvalue weighted by Gasteiger charge is 2.11. The van der Waals surface area contributed by atoms with E-state index < -0.39 is 9.84 Å². The monoisotopic (exact) mass is 345 g/mol. The molecule has 0 bridgehead atoms. The van der Waals surface area contributed by atoms with Gasteiger partial charge in [0, 0.05) is 23.4 Å². The molecule has 2 rings (SSSR count). The van der Waals surface area contributed by atoms with Crippen molar-refractivity contribution in [2.24, 2.45) is 0 Å². The molecule has 0 saturated heterocycles. The largest absolute Gasteiger partial charge is 0.508 e. The van der Waals surface area contributed by atoms with E-state index in [9.17, 15) is 13.5 Å². The highest BCUT2D eigenvalue weighted by Crippen LogP contribution is 2.29. The Morgan fingerprint density at radius 2 is 1.86 bits per heavy atom. The Balaban J connectivity index is 2.28. The molecule has 0 unspecified atom stereocenters. The molecule has 0 aliphatic carbocycles. The third-order valence-corrected chi connectivity index (χ3v) is 4.71. The van der Waals surface area contributed by atoms with Gasteiger partial charge in [0.15, 0.2) is 9.84 Å². The van der Waals surface area contributed by atoms with Crippen LogP contribution >= 0.6 is 23.2 Å². The van der Waals surface area contributed by atoms with E-state index in [4.69, 9.17) is 23.2 Å². The maximum absolute atomic E-state index is 11.5. The molecule has 2 N–H and O–H groups in total. The lowest BCUT2D eigenvalue weighted by atomic mass is 10.2. The van der Waals surface area contributed by atoms with Gasteiger partial charge in [-0.15, -0.1) is 0 Å². The summed E-state index contributed by atoms with van der Waals surface area (Å²) in [5.41, 5.74) is 0.971. The molecule has 4 nitrogen and oxygen atoms in total. The van der Waals surface area contributed by atoms with Gasteiger partial charge < -0.3 is 10.4 Å². The van der Waals surface area contributed by atoms with Gasteiger partial charge in [-0.1, -0.05) is 29.3 Å². The Morgan fingerprint density at radius 3 is 2.48 bits per heavy atom. The number of phenols is 1. The van der Waals surface area contributed by atoms with Gasteiger partial charge in [-0.3, -0.25) is 0 Å². The summed E-state index contributed by atoms with van der Waals surface area (Å²) in [7, 11) is -3.32. The SMILES string of the molecule is CS(=O)(=O)c1ccc(Cl)c(NCc2c(O)cccc2Cl)c1. The summed E-state index contributed by atoms with van der Waals surface area (Å²) in [6.07, 6.45) is 1.12. The number of hydrogen-bond donors (Lipinski definition) is 2. The van der Waals surface area contributed by atoms with Crippen molar-refractivity contribution in [1.29, 1.82) is 0 Å². The van der Waals surface area contributed by atoms with Gasteiger partial charge >= 0.3 is 0 Å². The molecule has 0 aromatic heterocycles. The number of halogens is 2. The molecule has 0 fully saturated rings. The van der Waals surface area contributed by atoms with E-state index in [1.807, 2.05) is 0 Å². The molecule has 21 heavy (non-hydrogen) atoms. The van der Waals surface area contributed by atoms with E-state index in [0.717, 1.165) is 6.26 Å². The Labute approximate surface area is 133 Å². The van der Waals surface area contributed by atoms with Crippen LogP contribution in [0.5, 0.6) is 5.75 Å². The highest BCUT2D eigenvalue weighted by atomic mass is 35.5. The highest BCUT2D eigenvalue weighted by molar-refractivity contribution is 7.90. The quantitative estimate of drug-likeness (QED) is 0.886. The number of hydrogen-bond acceptors (Lipinski definition) is 4. The molecule has 2 aromatic rings. The number of phenolic OH excluding ortho intramolecular Hbond substituents is 1. The topological polar surface area (TPSA) is 66.4 Å². The van der Waals surface area contributed by atoms with Crippen LogP contribution in [0, 0.1) is 0 Å². The van der Waals surface area contributed by atoms with Crippen molar-refractivity contribution in [3.8, 4) is 5.75 Å². The predicted molar refractivity (Wildman–Crippen MR) is 85.0 cm³/mol. The van der Waals surface area contributed by atoms with E-state index in [2.05, 4.69) is 5.32 Å². The maximum atomic E-state index is 11.5. The lowest BCUT2D eigenvalue weighted by Gasteiger charge is -2.12. The van der Waals surface area contributed by atoms with Crippen molar-refractivity contribution in [1.82, 2.24) is 0 Å². The smallest absolute Gasteiger partial charge is 0.175 e. The third kappa shape index (κ3) is 3.81. The minimum Gasteiger partial charge on any atom is -0.508 e. The summed E-state index contributed by atoms with van der Waals surface area (Å²) < 4.78 is 23.1. The van der Waals surface area contributed by atoms with Crippen LogP contribution in [0.15, 0.2) is 41.3 Å². The van der Waals surface area contributed by atoms with Crippen LogP contribution in [0.3, 0.4) is 0 Å². The average molecular weight is 346 g/mol. The molecular weight excluding hydrogens is 333 g/mol. The van der Waals surface area contributed by atoms with Crippen LogP contribution in [-0.4, -0.2) is 19.8 Å². The fourth-order valence-electron chi connectivity index (χ4n) is 1.78. The molecular formula is C14H13Cl2NO3S. The predicted octanol–water partition coefficient (Wildman–Crippen LogP) is 3.71. The zero-order chi connectivity index (χ0) is 15.6. The Morgan fingerprint density at radius 1 is 1.14 bits per heavy atom. The van der Waals surface area contributed by atoms with Gasteiger partial charge in [-0.05, 0) is 30.3 Å². The van der Waals surface area contributed by atoms with Gasteiger partial charge in [0.1, 0.15) is 5.75 Å². The van der Waals surface area contributed by atoms with Crippen LogP contribution in [0.25, 0.3) is 0 Å². The average Bonchev–Trinajstić information content (AvgIpc) is 2.38. The molecule has 0 heterocycles. The number of anilines is 1. The Kier molecular flexibility index (Phi) is 4.66. The van der Waals surface area contributed by atoms with Crippen molar-refractivity contribution < 1.29 is 13.5 Å². The van der Waals surface area contributed by atoms with Gasteiger partial charge in [0.05, 0.1) is 15.6 Å². The van der Waals surface area contributed by atoms with E-state index in [-0.39, 0.29) is 17.2 Å². The lowest BCUT2D eigenvalue weighted by molar-refractivity contribution is 0.469. The summed E-state index contributed by atoms with van der Waals surface area (Å²) in [6, 6.07) is 9.22. The fraction of sp³-hybridized carbons (Fsp3) is 0.143. The van der Waals surface area contributed by atoms with Crippen LogP contribution < -0.4 is 5.32 Å². The summed E-state index contributed by atoms with van der Waals surface area (Å²) in [5, 5.41) is 13.5. The first-order chi connectivity index (χ1) is 9.79. The van der Waals surface area contributed by atoms with Gasteiger partial charge in [-0.2, -0.15) is 0 Å². The molecule has 0 aliphatic heterocycles. The van der Waals surface area contributed by atoms with Crippen LogP contribution in [0.2, 0.25) is 10.0 Å². The second-order valence-electron chi connectivity index (χ2n) is 4.50. The number of benzene rings is 2. The van der Waals surface area contributed by atoms with Crippen molar-refractivity contribution in [3.63, 3.8) is 0 Å². The van der Waals surface area contributed by atoms with E-state index in [0.29, 0.717) is 21.3 Å². The lowest BCUT2D eigenvalue weighted by Crippen LogP contribution is -2.03. The van der Waals surface area contributed by atoms with Crippen LogP contribution in [0.4, 0.5) is 5.69 Å². The number of nitrogens with one attached hydrogen (secondary N) is 1. The van der Waals surface area contributed by atoms with E-state index in [1.165, 1.54) is 24.3 Å². The molecule has 7 heteroatoms. The van der Waals surface area contributed by atoms with E-state index in [1.54, 1.807) is 12.1 Å². The molecule has 0 spiro atoms. The van der Waals surface area contributed by atoms with Crippen molar-refractivity contribution >= 4 is 38.7 Å². The summed E-state index contributed by atoms with van der Waals surface area (Å²) in [5.74, 6) is 0.0605. The Bertz CT molecular complexity index is 756. The zero-order valence-corrected chi connectivity index (χ0v) is 13.4. The zero-order valence-electron chi connectivity index (χ0n) is 11.1. The molecule has 0 amide bonds. The summed E-state index contributed by atoms with van der Waals surface area (Å²) >= 11 is 12.0. The van der Waals surface area contributed by atoms with Crippen molar-refractivity contribution in [2.75, 3.05) is 11.6 Å². The first-order valence-corrected chi connectivity index (χ1v) is 8.63. The molecule has 0 saturated carbocycles. The van der Waals surface area contributed by atoms with Crippen LogP contribution in [0.1, 0.15) is 5.56 Å². The number of aromatic hydroxyl groups is 1. The van der Waals surface area contributed by atoms with Gasteiger partial charge in [0.2, 0.25) is 0 Å². The Hall–Kier alpha value is -1.43. The summed E-state index contributed by atoms with van der Waals surface area (Å²) in [4.78, 5) is 0.165. The third-order valence-electron chi connectivity index (χ3n) is 2.92. The number of rotatable bonds is 4. The first-order valence-electron chi connectivity index (χ1n) is 5.99. The molecule has 112 valence electrons. The number of sulfone groups is 1. The van der Waals surface area contributed by atoms with Gasteiger partial charge in [-0.25, -0.2) is 8.42 Å². The molecule has 0 radical (unpaired) electrons. The second kappa shape index (κ2) is 6.13.